The van der Waals surface area contributed by atoms with Crippen molar-refractivity contribution < 1.29 is 21.6 Å². The molecule has 0 radical (unpaired) electrons. The summed E-state index contributed by atoms with van der Waals surface area (Å²) in [6.07, 6.45) is 2.85. The van der Waals surface area contributed by atoms with E-state index in [1.807, 2.05) is 19.9 Å². The summed E-state index contributed by atoms with van der Waals surface area (Å²) in [4.78, 5) is 9.09. The molecule has 2 aliphatic rings. The lowest BCUT2D eigenvalue weighted by atomic mass is 9.82. The van der Waals surface area contributed by atoms with Crippen molar-refractivity contribution in [2.75, 3.05) is 23.7 Å². The van der Waals surface area contributed by atoms with E-state index < -0.39 is 34.9 Å². The highest BCUT2D eigenvalue weighted by molar-refractivity contribution is 7.93. The lowest BCUT2D eigenvalue weighted by molar-refractivity contribution is 0.256. The fourth-order valence-electron chi connectivity index (χ4n) is 6.25. The predicted molar refractivity (Wildman–Crippen MR) is 175 cm³/mol. The van der Waals surface area contributed by atoms with E-state index in [2.05, 4.69) is 25.9 Å². The fourth-order valence-corrected chi connectivity index (χ4v) is 9.83. The number of piperidine rings is 1. The third kappa shape index (κ3) is 5.65. The summed E-state index contributed by atoms with van der Waals surface area (Å²) in [6.45, 7) is 11.9. The maximum Gasteiger partial charge on any atom is 0.229 e. The molecule has 1 atom stereocenters. The summed E-state index contributed by atoms with van der Waals surface area (Å²) >= 11 is 6.46. The van der Waals surface area contributed by atoms with Gasteiger partial charge in [-0.1, -0.05) is 23.7 Å². The Morgan fingerprint density at radius 3 is 2.36 bits per heavy atom. The normalized spacial score (nSPS) is 18.2. The van der Waals surface area contributed by atoms with Crippen molar-refractivity contribution in [2.24, 2.45) is 0 Å². The minimum absolute atomic E-state index is 0.144. The lowest BCUT2D eigenvalue weighted by Crippen LogP contribution is -2.49. The smallest absolute Gasteiger partial charge is 0.229 e. The highest BCUT2D eigenvalue weighted by Gasteiger charge is 2.50. The SMILES string of the molecule is Cc1cc(Nc2ncc(Cl)c(Nc3ccccc3S(=O)(=O)C(C)C)n2)c2c(c1C1(S(=O)(=O)C(C)C)CCNCC1)C[C@@H](C)O2. The van der Waals surface area contributed by atoms with Crippen molar-refractivity contribution in [1.29, 1.82) is 0 Å². The van der Waals surface area contributed by atoms with E-state index in [0.717, 1.165) is 16.7 Å². The van der Waals surface area contributed by atoms with Gasteiger partial charge in [0.2, 0.25) is 5.95 Å². The number of anilines is 4. The Labute approximate surface area is 265 Å². The molecule has 0 spiro atoms. The minimum Gasteiger partial charge on any atom is -0.488 e. The van der Waals surface area contributed by atoms with Gasteiger partial charge in [0.25, 0.3) is 0 Å². The molecule has 0 amide bonds. The average Bonchev–Trinajstić information content (AvgIpc) is 3.36. The predicted octanol–water partition coefficient (Wildman–Crippen LogP) is 5.83. The maximum absolute atomic E-state index is 14.0. The molecular weight excluding hydrogens is 622 g/mol. The highest BCUT2D eigenvalue weighted by Crippen LogP contribution is 2.51. The number of sulfone groups is 2. The Morgan fingerprint density at radius 2 is 1.70 bits per heavy atom. The molecule has 2 aliphatic heterocycles. The van der Waals surface area contributed by atoms with Gasteiger partial charge >= 0.3 is 0 Å². The number of benzene rings is 2. The first-order chi connectivity index (χ1) is 20.7. The Balaban J connectivity index is 1.56. The minimum atomic E-state index is -3.58. The maximum atomic E-state index is 14.0. The van der Waals surface area contributed by atoms with Crippen LogP contribution in [0.15, 0.2) is 41.4 Å². The number of nitrogens with zero attached hydrogens (tertiary/aromatic N) is 2. The van der Waals surface area contributed by atoms with Gasteiger partial charge in [-0.3, -0.25) is 0 Å². The molecule has 13 heteroatoms. The molecular formula is C31H40ClN5O5S2. The average molecular weight is 662 g/mol. The molecule has 0 unspecified atom stereocenters. The molecule has 3 N–H and O–H groups in total. The number of ether oxygens (including phenoxy) is 1. The van der Waals surface area contributed by atoms with Crippen LogP contribution in [0.25, 0.3) is 0 Å². The van der Waals surface area contributed by atoms with Gasteiger partial charge < -0.3 is 20.7 Å². The zero-order valence-corrected chi connectivity index (χ0v) is 28.3. The number of hydrogen-bond acceptors (Lipinski definition) is 10. The van der Waals surface area contributed by atoms with Crippen molar-refractivity contribution in [3.63, 3.8) is 0 Å². The molecule has 0 aliphatic carbocycles. The summed E-state index contributed by atoms with van der Waals surface area (Å²) in [6, 6.07) is 8.51. The highest BCUT2D eigenvalue weighted by atomic mass is 35.5. The van der Waals surface area contributed by atoms with Crippen LogP contribution >= 0.6 is 11.6 Å². The van der Waals surface area contributed by atoms with Gasteiger partial charge in [0.05, 0.1) is 33.0 Å². The standard InChI is InChI=1S/C31H40ClN5O5S2/c1-18(2)43(38,39)26-10-8-7-9-24(26)35-29-23(32)17-34-30(37-29)36-25-15-20(5)27(22-16-21(6)42-28(22)25)31(11-13-33-14-12-31)44(40,41)19(3)4/h7-10,15,17-19,21,33H,11-14,16H2,1-6H3,(H2,34,35,36,37)/t21-/m1/s1. The van der Waals surface area contributed by atoms with Crippen LogP contribution in [-0.2, 0) is 30.8 Å². The molecule has 1 fully saturated rings. The van der Waals surface area contributed by atoms with Gasteiger partial charge in [0.15, 0.2) is 25.5 Å². The summed E-state index contributed by atoms with van der Waals surface area (Å²) in [5, 5.41) is 8.74. The number of hydrogen-bond donors (Lipinski definition) is 3. The summed E-state index contributed by atoms with van der Waals surface area (Å²) in [5.74, 6) is 1.04. The Morgan fingerprint density at radius 1 is 1.02 bits per heavy atom. The van der Waals surface area contributed by atoms with Crippen molar-refractivity contribution in [3.8, 4) is 5.75 Å². The van der Waals surface area contributed by atoms with Crippen LogP contribution in [0, 0.1) is 6.92 Å². The van der Waals surface area contributed by atoms with Crippen LogP contribution < -0.4 is 20.7 Å². The second-order valence-corrected chi connectivity index (χ2v) is 17.8. The number of aryl methyl sites for hydroxylation is 1. The van der Waals surface area contributed by atoms with Crippen molar-refractivity contribution >= 4 is 54.4 Å². The summed E-state index contributed by atoms with van der Waals surface area (Å²) in [5.41, 5.74) is 3.57. The second kappa shape index (κ2) is 12.1. The lowest BCUT2D eigenvalue weighted by Gasteiger charge is -2.41. The van der Waals surface area contributed by atoms with E-state index in [0.29, 0.717) is 49.5 Å². The van der Waals surface area contributed by atoms with E-state index in [9.17, 15) is 16.8 Å². The molecule has 0 bridgehead atoms. The molecule has 44 heavy (non-hydrogen) atoms. The molecule has 10 nitrogen and oxygen atoms in total. The molecule has 3 aromatic rings. The third-order valence-electron chi connectivity index (χ3n) is 8.48. The number of rotatable bonds is 9. The molecule has 3 heterocycles. The summed E-state index contributed by atoms with van der Waals surface area (Å²) in [7, 11) is -7.09. The van der Waals surface area contributed by atoms with Gasteiger partial charge in [0, 0.05) is 12.0 Å². The molecule has 1 aromatic heterocycles. The van der Waals surface area contributed by atoms with E-state index in [4.69, 9.17) is 16.3 Å². The van der Waals surface area contributed by atoms with Crippen LogP contribution in [0.3, 0.4) is 0 Å². The first-order valence-corrected chi connectivity index (χ1v) is 18.3. The van der Waals surface area contributed by atoms with Gasteiger partial charge in [-0.15, -0.1) is 0 Å². The van der Waals surface area contributed by atoms with Crippen molar-refractivity contribution in [2.45, 2.75) is 87.1 Å². The largest absolute Gasteiger partial charge is 0.488 e. The van der Waals surface area contributed by atoms with Crippen LogP contribution in [-0.4, -0.2) is 56.5 Å². The van der Waals surface area contributed by atoms with Gasteiger partial charge in [-0.2, -0.15) is 4.98 Å². The van der Waals surface area contributed by atoms with Crippen LogP contribution in [0.5, 0.6) is 5.75 Å². The molecule has 2 aromatic carbocycles. The molecule has 1 saturated heterocycles. The van der Waals surface area contributed by atoms with Gasteiger partial charge in [-0.25, -0.2) is 21.8 Å². The second-order valence-electron chi connectivity index (χ2n) is 12.1. The quantitative estimate of drug-likeness (QED) is 0.257. The number of fused-ring (bicyclic) bond motifs is 1. The van der Waals surface area contributed by atoms with Gasteiger partial charge in [0.1, 0.15) is 21.6 Å². The molecule has 238 valence electrons. The number of aromatic nitrogens is 2. The number of halogens is 1. The Kier molecular flexibility index (Phi) is 8.93. The van der Waals surface area contributed by atoms with Crippen molar-refractivity contribution in [3.05, 3.63) is 58.2 Å². The van der Waals surface area contributed by atoms with E-state index in [1.165, 1.54) is 6.20 Å². The third-order valence-corrected chi connectivity index (χ3v) is 13.9. The van der Waals surface area contributed by atoms with Gasteiger partial charge in [-0.05, 0) is 96.8 Å². The first kappa shape index (κ1) is 32.5. The monoisotopic (exact) mass is 661 g/mol. The summed E-state index contributed by atoms with van der Waals surface area (Å²) < 4.78 is 59.3. The number of nitrogens with one attached hydrogen (secondary N) is 3. The zero-order valence-electron chi connectivity index (χ0n) is 25.9. The van der Waals surface area contributed by atoms with E-state index in [1.54, 1.807) is 52.0 Å². The first-order valence-electron chi connectivity index (χ1n) is 14.9. The Bertz CT molecular complexity index is 1790. The fraction of sp³-hybridized carbons (Fsp3) is 0.484. The zero-order chi connectivity index (χ0) is 32.0. The van der Waals surface area contributed by atoms with E-state index in [-0.39, 0.29) is 27.8 Å². The van der Waals surface area contributed by atoms with E-state index >= 15 is 0 Å². The molecule has 0 saturated carbocycles. The van der Waals surface area contributed by atoms with Crippen LogP contribution in [0.2, 0.25) is 5.02 Å². The van der Waals surface area contributed by atoms with Crippen LogP contribution in [0.4, 0.5) is 23.1 Å². The molecule has 5 rings (SSSR count). The number of para-hydroxylation sites is 1. The van der Waals surface area contributed by atoms with Crippen LogP contribution in [0.1, 0.15) is 64.2 Å². The topological polar surface area (TPSA) is 139 Å². The van der Waals surface area contributed by atoms with Crippen molar-refractivity contribution in [1.82, 2.24) is 15.3 Å². The Hall–Kier alpha value is -2.93.